The minimum absolute atomic E-state index is 0.202. The van der Waals surface area contributed by atoms with E-state index in [1.165, 1.54) is 17.0 Å². The van der Waals surface area contributed by atoms with Gasteiger partial charge in [0.05, 0.1) is 0 Å². The molecule has 0 fully saturated rings. The summed E-state index contributed by atoms with van der Waals surface area (Å²) in [6, 6.07) is 11.4. The molecule has 1 amide bonds. The SMILES string of the molecule is CNc1cccc(C(=O)N(C)Cc2cccc(F)c2)n1. The van der Waals surface area contributed by atoms with Gasteiger partial charge >= 0.3 is 0 Å². The van der Waals surface area contributed by atoms with E-state index < -0.39 is 0 Å². The van der Waals surface area contributed by atoms with Crippen LogP contribution >= 0.6 is 0 Å². The third-order valence-corrected chi connectivity index (χ3v) is 2.88. The van der Waals surface area contributed by atoms with E-state index in [4.69, 9.17) is 0 Å². The number of carbonyl (C=O) groups is 1. The first-order valence-corrected chi connectivity index (χ1v) is 6.25. The topological polar surface area (TPSA) is 45.2 Å². The van der Waals surface area contributed by atoms with Crippen molar-refractivity contribution in [1.29, 1.82) is 0 Å². The van der Waals surface area contributed by atoms with Crippen molar-refractivity contribution < 1.29 is 9.18 Å². The van der Waals surface area contributed by atoms with Crippen LogP contribution in [0.4, 0.5) is 10.2 Å². The van der Waals surface area contributed by atoms with Crippen molar-refractivity contribution in [2.75, 3.05) is 19.4 Å². The molecule has 0 atom stereocenters. The minimum Gasteiger partial charge on any atom is -0.373 e. The van der Waals surface area contributed by atoms with Crippen LogP contribution in [-0.4, -0.2) is 29.9 Å². The lowest BCUT2D eigenvalue weighted by atomic mass is 10.2. The molecule has 2 aromatic rings. The molecule has 0 aliphatic carbocycles. The van der Waals surface area contributed by atoms with Crippen LogP contribution in [0.2, 0.25) is 0 Å². The minimum atomic E-state index is -0.307. The van der Waals surface area contributed by atoms with E-state index in [0.29, 0.717) is 18.1 Å². The van der Waals surface area contributed by atoms with Gasteiger partial charge in [-0.2, -0.15) is 0 Å². The molecular formula is C15H16FN3O. The second-order valence-electron chi connectivity index (χ2n) is 4.45. The molecule has 0 bridgehead atoms. The fourth-order valence-electron chi connectivity index (χ4n) is 1.87. The van der Waals surface area contributed by atoms with Crippen molar-refractivity contribution in [3.63, 3.8) is 0 Å². The standard InChI is InChI=1S/C15H16FN3O/c1-17-14-8-4-7-13(18-14)15(20)19(2)10-11-5-3-6-12(16)9-11/h3-9H,10H2,1-2H3,(H,17,18). The van der Waals surface area contributed by atoms with Crippen molar-refractivity contribution >= 4 is 11.7 Å². The molecular weight excluding hydrogens is 257 g/mol. The predicted octanol–water partition coefficient (Wildman–Crippen LogP) is 2.53. The summed E-state index contributed by atoms with van der Waals surface area (Å²) < 4.78 is 13.1. The average molecular weight is 273 g/mol. The number of anilines is 1. The van der Waals surface area contributed by atoms with E-state index in [9.17, 15) is 9.18 Å². The van der Waals surface area contributed by atoms with Gasteiger partial charge in [-0.3, -0.25) is 4.79 Å². The van der Waals surface area contributed by atoms with Crippen LogP contribution in [0.3, 0.4) is 0 Å². The monoisotopic (exact) mass is 273 g/mol. The quantitative estimate of drug-likeness (QED) is 0.931. The van der Waals surface area contributed by atoms with Gasteiger partial charge < -0.3 is 10.2 Å². The van der Waals surface area contributed by atoms with E-state index in [2.05, 4.69) is 10.3 Å². The summed E-state index contributed by atoms with van der Waals surface area (Å²) >= 11 is 0. The molecule has 0 aliphatic heterocycles. The van der Waals surface area contributed by atoms with Crippen LogP contribution in [0.25, 0.3) is 0 Å². The highest BCUT2D eigenvalue weighted by atomic mass is 19.1. The molecule has 2 rings (SSSR count). The van der Waals surface area contributed by atoms with Gasteiger partial charge in [0.25, 0.3) is 5.91 Å². The Labute approximate surface area is 117 Å². The Balaban J connectivity index is 2.12. The van der Waals surface area contributed by atoms with Crippen LogP contribution in [0.5, 0.6) is 0 Å². The Morgan fingerprint density at radius 3 is 2.75 bits per heavy atom. The van der Waals surface area contributed by atoms with Crippen molar-refractivity contribution in [3.05, 3.63) is 59.5 Å². The third kappa shape index (κ3) is 3.32. The van der Waals surface area contributed by atoms with Crippen LogP contribution < -0.4 is 5.32 Å². The van der Waals surface area contributed by atoms with Crippen molar-refractivity contribution in [1.82, 2.24) is 9.88 Å². The summed E-state index contributed by atoms with van der Waals surface area (Å²) in [5, 5.41) is 2.89. The van der Waals surface area contributed by atoms with E-state index in [1.807, 2.05) is 0 Å². The Kier molecular flexibility index (Phi) is 4.30. The van der Waals surface area contributed by atoms with Gasteiger partial charge in [0.1, 0.15) is 17.3 Å². The summed E-state index contributed by atoms with van der Waals surface area (Å²) in [6.07, 6.45) is 0. The van der Waals surface area contributed by atoms with E-state index >= 15 is 0 Å². The highest BCUT2D eigenvalue weighted by Gasteiger charge is 2.14. The van der Waals surface area contributed by atoms with Gasteiger partial charge in [-0.15, -0.1) is 0 Å². The lowest BCUT2D eigenvalue weighted by molar-refractivity contribution is 0.0779. The third-order valence-electron chi connectivity index (χ3n) is 2.88. The molecule has 1 heterocycles. The molecule has 0 unspecified atom stereocenters. The zero-order chi connectivity index (χ0) is 14.5. The van der Waals surface area contributed by atoms with Crippen molar-refractivity contribution in [2.24, 2.45) is 0 Å². The summed E-state index contributed by atoms with van der Waals surface area (Å²) in [5.74, 6) is 0.125. The van der Waals surface area contributed by atoms with E-state index in [1.54, 1.807) is 44.4 Å². The van der Waals surface area contributed by atoms with Gasteiger partial charge in [0, 0.05) is 20.6 Å². The fourth-order valence-corrected chi connectivity index (χ4v) is 1.87. The molecule has 1 N–H and O–H groups in total. The van der Waals surface area contributed by atoms with E-state index in [-0.39, 0.29) is 11.7 Å². The fraction of sp³-hybridized carbons (Fsp3) is 0.200. The number of aromatic nitrogens is 1. The molecule has 0 radical (unpaired) electrons. The smallest absolute Gasteiger partial charge is 0.272 e. The van der Waals surface area contributed by atoms with Crippen molar-refractivity contribution in [2.45, 2.75) is 6.54 Å². The molecule has 20 heavy (non-hydrogen) atoms. The molecule has 5 heteroatoms. The number of hydrogen-bond acceptors (Lipinski definition) is 3. The lowest BCUT2D eigenvalue weighted by Gasteiger charge is -2.17. The van der Waals surface area contributed by atoms with Gasteiger partial charge in [-0.05, 0) is 29.8 Å². The van der Waals surface area contributed by atoms with Crippen LogP contribution in [0.1, 0.15) is 16.1 Å². The Hall–Kier alpha value is -2.43. The predicted molar refractivity (Wildman–Crippen MR) is 76.0 cm³/mol. The van der Waals surface area contributed by atoms with Gasteiger partial charge in [0.2, 0.25) is 0 Å². The lowest BCUT2D eigenvalue weighted by Crippen LogP contribution is -2.27. The van der Waals surface area contributed by atoms with E-state index in [0.717, 1.165) is 5.56 Å². The summed E-state index contributed by atoms with van der Waals surface area (Å²) in [6.45, 7) is 0.335. The first-order valence-electron chi connectivity index (χ1n) is 6.25. The zero-order valence-corrected chi connectivity index (χ0v) is 11.4. The van der Waals surface area contributed by atoms with Gasteiger partial charge in [-0.1, -0.05) is 18.2 Å². The maximum atomic E-state index is 13.1. The molecule has 0 saturated heterocycles. The average Bonchev–Trinajstić information content (AvgIpc) is 2.46. The summed E-state index contributed by atoms with van der Waals surface area (Å²) in [5.41, 5.74) is 1.10. The number of halogens is 1. The van der Waals surface area contributed by atoms with Crippen LogP contribution in [0.15, 0.2) is 42.5 Å². The first-order chi connectivity index (χ1) is 9.60. The number of benzene rings is 1. The van der Waals surface area contributed by atoms with Gasteiger partial charge in [-0.25, -0.2) is 9.37 Å². The molecule has 0 aliphatic rings. The summed E-state index contributed by atoms with van der Waals surface area (Å²) in [7, 11) is 3.41. The number of hydrogen-bond donors (Lipinski definition) is 1. The summed E-state index contributed by atoms with van der Waals surface area (Å²) in [4.78, 5) is 17.9. The normalized spacial score (nSPS) is 10.2. The van der Waals surface area contributed by atoms with Crippen LogP contribution in [0, 0.1) is 5.82 Å². The van der Waals surface area contributed by atoms with Crippen molar-refractivity contribution in [3.8, 4) is 0 Å². The molecule has 0 saturated carbocycles. The number of carbonyl (C=O) groups excluding carboxylic acids is 1. The maximum Gasteiger partial charge on any atom is 0.272 e. The first kappa shape index (κ1) is 14.0. The number of amides is 1. The number of nitrogens with zero attached hydrogens (tertiary/aromatic N) is 2. The Morgan fingerprint density at radius 1 is 1.30 bits per heavy atom. The number of nitrogens with one attached hydrogen (secondary N) is 1. The highest BCUT2D eigenvalue weighted by molar-refractivity contribution is 5.92. The second kappa shape index (κ2) is 6.14. The zero-order valence-electron chi connectivity index (χ0n) is 11.4. The second-order valence-corrected chi connectivity index (χ2v) is 4.45. The highest BCUT2D eigenvalue weighted by Crippen LogP contribution is 2.10. The molecule has 0 spiro atoms. The molecule has 104 valence electrons. The maximum absolute atomic E-state index is 13.1. The molecule has 1 aromatic carbocycles. The molecule has 1 aromatic heterocycles. The van der Waals surface area contributed by atoms with Crippen LogP contribution in [-0.2, 0) is 6.54 Å². The van der Waals surface area contributed by atoms with Gasteiger partial charge in [0.15, 0.2) is 0 Å². The number of rotatable bonds is 4. The molecule has 4 nitrogen and oxygen atoms in total. The largest absolute Gasteiger partial charge is 0.373 e. The number of pyridine rings is 1. The Bertz CT molecular complexity index is 616. The Morgan fingerprint density at radius 2 is 2.05 bits per heavy atom.